The lowest BCUT2D eigenvalue weighted by atomic mass is 10.0. The van der Waals surface area contributed by atoms with E-state index in [1.165, 1.54) is 11.9 Å². The number of rotatable bonds is 4. The van der Waals surface area contributed by atoms with Gasteiger partial charge in [0.05, 0.1) is 6.04 Å². The molecule has 0 radical (unpaired) electrons. The second-order valence-electron chi connectivity index (χ2n) is 4.64. The maximum Gasteiger partial charge on any atom is 0.245 e. The summed E-state index contributed by atoms with van der Waals surface area (Å²) in [6.45, 7) is 5.82. The van der Waals surface area contributed by atoms with E-state index in [2.05, 4.69) is 15.4 Å². The molecule has 0 spiro atoms. The lowest BCUT2D eigenvalue weighted by Crippen LogP contribution is -2.33. The second-order valence-corrected chi connectivity index (χ2v) is 4.64. The van der Waals surface area contributed by atoms with E-state index >= 15 is 0 Å². The van der Waals surface area contributed by atoms with Crippen molar-refractivity contribution in [3.8, 4) is 0 Å². The van der Waals surface area contributed by atoms with Gasteiger partial charge in [0, 0.05) is 0 Å². The van der Waals surface area contributed by atoms with E-state index in [9.17, 15) is 4.79 Å². The summed E-state index contributed by atoms with van der Waals surface area (Å²) in [5, 5.41) is 6.98. The standard InChI is InChI=1S/C14H18N4O/c1-10-6-4-5-7-13(10)11(2)17-14(19)12(3)18-9-15-8-16-18/h4-9,11-12H,1-3H3,(H,17,19)/t11-,12+/m1/s1. The van der Waals surface area contributed by atoms with Gasteiger partial charge in [-0.3, -0.25) is 4.79 Å². The number of benzene rings is 1. The smallest absolute Gasteiger partial charge is 0.245 e. The zero-order valence-corrected chi connectivity index (χ0v) is 11.4. The van der Waals surface area contributed by atoms with Crippen LogP contribution >= 0.6 is 0 Å². The number of nitrogens with one attached hydrogen (secondary N) is 1. The fourth-order valence-electron chi connectivity index (χ4n) is 2.02. The molecule has 5 nitrogen and oxygen atoms in total. The Bertz CT molecular complexity index is 550. The number of amides is 1. The number of hydrogen-bond donors (Lipinski definition) is 1. The van der Waals surface area contributed by atoms with E-state index in [1.54, 1.807) is 17.9 Å². The van der Waals surface area contributed by atoms with Crippen molar-refractivity contribution >= 4 is 5.91 Å². The van der Waals surface area contributed by atoms with Crippen LogP contribution in [0.3, 0.4) is 0 Å². The summed E-state index contributed by atoms with van der Waals surface area (Å²) in [7, 11) is 0. The number of carbonyl (C=O) groups is 1. The first-order chi connectivity index (χ1) is 9.09. The molecule has 19 heavy (non-hydrogen) atoms. The molecular formula is C14H18N4O. The monoisotopic (exact) mass is 258 g/mol. The molecule has 1 heterocycles. The molecule has 100 valence electrons. The Morgan fingerprint density at radius 1 is 1.32 bits per heavy atom. The van der Waals surface area contributed by atoms with Crippen LogP contribution < -0.4 is 5.32 Å². The number of aryl methyl sites for hydroxylation is 1. The Morgan fingerprint density at radius 3 is 2.68 bits per heavy atom. The van der Waals surface area contributed by atoms with Crippen LogP contribution in [0.5, 0.6) is 0 Å². The molecule has 5 heteroatoms. The minimum Gasteiger partial charge on any atom is -0.348 e. The van der Waals surface area contributed by atoms with Crippen molar-refractivity contribution in [1.82, 2.24) is 20.1 Å². The van der Waals surface area contributed by atoms with Gasteiger partial charge in [-0.15, -0.1) is 0 Å². The van der Waals surface area contributed by atoms with Gasteiger partial charge in [0.1, 0.15) is 18.7 Å². The van der Waals surface area contributed by atoms with Gasteiger partial charge in [-0.25, -0.2) is 9.67 Å². The molecule has 0 fully saturated rings. The van der Waals surface area contributed by atoms with Gasteiger partial charge in [0.25, 0.3) is 0 Å². The zero-order chi connectivity index (χ0) is 13.8. The lowest BCUT2D eigenvalue weighted by Gasteiger charge is -2.19. The van der Waals surface area contributed by atoms with E-state index in [4.69, 9.17) is 0 Å². The Morgan fingerprint density at radius 2 is 2.05 bits per heavy atom. The fraction of sp³-hybridized carbons (Fsp3) is 0.357. The van der Waals surface area contributed by atoms with Gasteiger partial charge in [-0.2, -0.15) is 5.10 Å². The van der Waals surface area contributed by atoms with Crippen molar-refractivity contribution in [2.45, 2.75) is 32.9 Å². The predicted molar refractivity (Wildman–Crippen MR) is 72.5 cm³/mol. The van der Waals surface area contributed by atoms with Gasteiger partial charge in [-0.1, -0.05) is 24.3 Å². The third-order valence-corrected chi connectivity index (χ3v) is 3.23. The topological polar surface area (TPSA) is 59.8 Å². The molecule has 1 N–H and O–H groups in total. The molecule has 2 atom stereocenters. The van der Waals surface area contributed by atoms with Gasteiger partial charge < -0.3 is 5.32 Å². The van der Waals surface area contributed by atoms with Crippen molar-refractivity contribution in [1.29, 1.82) is 0 Å². The third-order valence-electron chi connectivity index (χ3n) is 3.23. The van der Waals surface area contributed by atoms with Crippen LogP contribution in [0.2, 0.25) is 0 Å². The zero-order valence-electron chi connectivity index (χ0n) is 11.4. The van der Waals surface area contributed by atoms with Crippen LogP contribution in [0.15, 0.2) is 36.9 Å². The van der Waals surface area contributed by atoms with E-state index in [-0.39, 0.29) is 18.0 Å². The summed E-state index contributed by atoms with van der Waals surface area (Å²) < 4.78 is 1.54. The Balaban J connectivity index is 2.05. The highest BCUT2D eigenvalue weighted by molar-refractivity contribution is 5.80. The Hall–Kier alpha value is -2.17. The highest BCUT2D eigenvalue weighted by Crippen LogP contribution is 2.17. The highest BCUT2D eigenvalue weighted by Gasteiger charge is 2.18. The Labute approximate surface area is 112 Å². The molecule has 0 unspecified atom stereocenters. The minimum atomic E-state index is -0.367. The fourth-order valence-corrected chi connectivity index (χ4v) is 2.02. The number of nitrogens with zero attached hydrogens (tertiary/aromatic N) is 3. The predicted octanol–water partition coefficient (Wildman–Crippen LogP) is 2.02. The molecule has 0 saturated carbocycles. The summed E-state index contributed by atoms with van der Waals surface area (Å²) in [5.41, 5.74) is 2.30. The quantitative estimate of drug-likeness (QED) is 0.912. The molecular weight excluding hydrogens is 240 g/mol. The van der Waals surface area contributed by atoms with Crippen LogP contribution in [0.4, 0.5) is 0 Å². The van der Waals surface area contributed by atoms with Crippen LogP contribution in [-0.2, 0) is 4.79 Å². The molecule has 0 bridgehead atoms. The maximum absolute atomic E-state index is 12.1. The van der Waals surface area contributed by atoms with Crippen molar-refractivity contribution in [3.63, 3.8) is 0 Å². The molecule has 1 aromatic carbocycles. The average Bonchev–Trinajstić information content (AvgIpc) is 2.92. The van der Waals surface area contributed by atoms with E-state index in [1.807, 2.05) is 38.1 Å². The maximum atomic E-state index is 12.1. The van der Waals surface area contributed by atoms with E-state index in [0.29, 0.717) is 0 Å². The molecule has 0 aliphatic carbocycles. The molecule has 0 saturated heterocycles. The molecule has 1 amide bonds. The molecule has 2 rings (SSSR count). The van der Waals surface area contributed by atoms with Crippen molar-refractivity contribution in [2.24, 2.45) is 0 Å². The van der Waals surface area contributed by atoms with Crippen molar-refractivity contribution < 1.29 is 4.79 Å². The molecule has 2 aromatic rings. The van der Waals surface area contributed by atoms with Gasteiger partial charge in [0.15, 0.2) is 0 Å². The number of aromatic nitrogens is 3. The van der Waals surface area contributed by atoms with Crippen molar-refractivity contribution in [3.05, 3.63) is 48.0 Å². The van der Waals surface area contributed by atoms with Crippen LogP contribution in [0, 0.1) is 6.92 Å². The summed E-state index contributed by atoms with van der Waals surface area (Å²) in [6.07, 6.45) is 2.97. The third kappa shape index (κ3) is 2.99. The van der Waals surface area contributed by atoms with Gasteiger partial charge in [-0.05, 0) is 31.9 Å². The van der Waals surface area contributed by atoms with Gasteiger partial charge in [0.2, 0.25) is 5.91 Å². The SMILES string of the molecule is Cc1ccccc1[C@@H](C)NC(=O)[C@H](C)n1cncn1. The summed E-state index contributed by atoms with van der Waals surface area (Å²) >= 11 is 0. The first-order valence-electron chi connectivity index (χ1n) is 6.29. The molecule has 1 aromatic heterocycles. The van der Waals surface area contributed by atoms with Crippen LogP contribution in [-0.4, -0.2) is 20.7 Å². The molecule has 0 aliphatic heterocycles. The van der Waals surface area contributed by atoms with E-state index < -0.39 is 0 Å². The minimum absolute atomic E-state index is 0.0281. The van der Waals surface area contributed by atoms with Crippen molar-refractivity contribution in [2.75, 3.05) is 0 Å². The largest absolute Gasteiger partial charge is 0.348 e. The van der Waals surface area contributed by atoms with E-state index in [0.717, 1.165) is 5.56 Å². The normalized spacial score (nSPS) is 13.8. The number of carbonyl (C=O) groups excluding carboxylic acids is 1. The van der Waals surface area contributed by atoms with Crippen LogP contribution in [0.1, 0.15) is 37.1 Å². The average molecular weight is 258 g/mol. The van der Waals surface area contributed by atoms with Gasteiger partial charge >= 0.3 is 0 Å². The van der Waals surface area contributed by atoms with Crippen LogP contribution in [0.25, 0.3) is 0 Å². The summed E-state index contributed by atoms with van der Waals surface area (Å²) in [4.78, 5) is 16.0. The molecule has 0 aliphatic rings. The first-order valence-corrected chi connectivity index (χ1v) is 6.29. The highest BCUT2D eigenvalue weighted by atomic mass is 16.2. The lowest BCUT2D eigenvalue weighted by molar-refractivity contribution is -0.124. The Kier molecular flexibility index (Phi) is 3.94. The summed E-state index contributed by atoms with van der Waals surface area (Å²) in [5.74, 6) is -0.0683. The number of hydrogen-bond acceptors (Lipinski definition) is 3. The second kappa shape index (κ2) is 5.65. The summed E-state index contributed by atoms with van der Waals surface area (Å²) in [6, 6.07) is 7.64. The first kappa shape index (κ1) is 13.3.